The maximum atomic E-state index is 11.8. The lowest BCUT2D eigenvalue weighted by atomic mass is 9.99. The molecule has 3 rings (SSSR count). The molecule has 2 aromatic rings. The minimum atomic E-state index is 0.0867. The zero-order valence-electron chi connectivity index (χ0n) is 11.7. The predicted molar refractivity (Wildman–Crippen MR) is 81.2 cm³/mol. The van der Waals surface area contributed by atoms with Crippen LogP contribution in [0.2, 0.25) is 0 Å². The first-order chi connectivity index (χ1) is 9.72. The molecule has 0 radical (unpaired) electrons. The molecule has 3 heterocycles. The van der Waals surface area contributed by atoms with Crippen LogP contribution in [-0.4, -0.2) is 35.5 Å². The van der Waals surface area contributed by atoms with Crippen molar-refractivity contribution in [2.75, 3.05) is 24.5 Å². The highest BCUT2D eigenvalue weighted by Gasteiger charge is 2.34. The van der Waals surface area contributed by atoms with Crippen LogP contribution in [0.4, 0.5) is 5.82 Å². The normalized spacial score (nSPS) is 15.4. The molecule has 0 bridgehead atoms. The number of anilines is 1. The van der Waals surface area contributed by atoms with Gasteiger partial charge in [0.15, 0.2) is 0 Å². The van der Waals surface area contributed by atoms with Crippen LogP contribution >= 0.6 is 11.3 Å². The van der Waals surface area contributed by atoms with Crippen LogP contribution in [0.1, 0.15) is 19.7 Å². The number of thiophene rings is 1. The fraction of sp³-hybridized carbons (Fsp3) is 0.500. The van der Waals surface area contributed by atoms with E-state index in [9.17, 15) is 4.79 Å². The molecule has 1 aliphatic rings. The number of aromatic nitrogens is 2. The Labute approximate surface area is 122 Å². The van der Waals surface area contributed by atoms with E-state index < -0.39 is 0 Å². The van der Waals surface area contributed by atoms with Gasteiger partial charge in [-0.05, 0) is 18.4 Å². The minimum absolute atomic E-state index is 0.0867. The first-order valence-corrected chi connectivity index (χ1v) is 7.87. The van der Waals surface area contributed by atoms with Crippen molar-refractivity contribution < 1.29 is 4.79 Å². The van der Waals surface area contributed by atoms with Gasteiger partial charge in [0, 0.05) is 26.1 Å². The van der Waals surface area contributed by atoms with Crippen molar-refractivity contribution in [3.8, 4) is 0 Å². The third kappa shape index (κ3) is 2.24. The van der Waals surface area contributed by atoms with E-state index in [0.29, 0.717) is 6.54 Å². The molecule has 0 unspecified atom stereocenters. The van der Waals surface area contributed by atoms with Gasteiger partial charge in [0.2, 0.25) is 5.91 Å². The highest BCUT2D eigenvalue weighted by atomic mass is 32.1. The van der Waals surface area contributed by atoms with E-state index in [1.54, 1.807) is 11.3 Å². The minimum Gasteiger partial charge on any atom is -0.356 e. The highest BCUT2D eigenvalue weighted by molar-refractivity contribution is 7.16. The zero-order valence-corrected chi connectivity index (χ0v) is 12.5. The maximum Gasteiger partial charge on any atom is 0.226 e. The summed E-state index contributed by atoms with van der Waals surface area (Å²) >= 11 is 1.64. The van der Waals surface area contributed by atoms with Crippen LogP contribution in [0.3, 0.4) is 0 Å². The van der Waals surface area contributed by atoms with Gasteiger partial charge in [0.05, 0.1) is 11.3 Å². The van der Waals surface area contributed by atoms with Crippen molar-refractivity contribution in [2.24, 2.45) is 5.92 Å². The van der Waals surface area contributed by atoms with Crippen LogP contribution in [0, 0.1) is 5.92 Å². The molecule has 0 atom stereocenters. The van der Waals surface area contributed by atoms with Gasteiger partial charge in [-0.25, -0.2) is 9.97 Å². The second-order valence-electron chi connectivity index (χ2n) is 4.95. The summed E-state index contributed by atoms with van der Waals surface area (Å²) in [7, 11) is 0. The van der Waals surface area contributed by atoms with Crippen molar-refractivity contribution in [3.05, 3.63) is 17.3 Å². The molecule has 1 saturated heterocycles. The average molecular weight is 290 g/mol. The molecule has 0 aromatic carbocycles. The van der Waals surface area contributed by atoms with Gasteiger partial charge in [-0.1, -0.05) is 6.92 Å². The van der Waals surface area contributed by atoms with E-state index in [1.807, 2.05) is 12.3 Å². The number of carbonyl (C=O) groups excluding carboxylic acids is 1. The van der Waals surface area contributed by atoms with Gasteiger partial charge < -0.3 is 10.2 Å². The van der Waals surface area contributed by atoms with Crippen molar-refractivity contribution in [1.82, 2.24) is 15.3 Å². The maximum absolute atomic E-state index is 11.8. The Hall–Kier alpha value is -1.69. The lowest BCUT2D eigenvalue weighted by Gasteiger charge is -2.39. The molecule has 0 saturated carbocycles. The van der Waals surface area contributed by atoms with Crippen molar-refractivity contribution >= 4 is 33.3 Å². The summed E-state index contributed by atoms with van der Waals surface area (Å²) in [6.45, 7) is 6.19. The fourth-order valence-electron chi connectivity index (χ4n) is 2.42. The average Bonchev–Trinajstić information content (AvgIpc) is 2.85. The van der Waals surface area contributed by atoms with Crippen LogP contribution < -0.4 is 10.2 Å². The molecular formula is C14H18N4OS. The van der Waals surface area contributed by atoms with Gasteiger partial charge in [-0.15, -0.1) is 11.3 Å². The molecule has 2 aromatic heterocycles. The first kappa shape index (κ1) is 13.3. The van der Waals surface area contributed by atoms with E-state index in [-0.39, 0.29) is 11.8 Å². The largest absolute Gasteiger partial charge is 0.356 e. The number of hydrogen-bond acceptors (Lipinski definition) is 5. The Bertz CT molecular complexity index is 633. The second-order valence-corrected chi connectivity index (χ2v) is 5.85. The summed E-state index contributed by atoms with van der Waals surface area (Å²) in [5.74, 6) is 2.09. The molecule has 106 valence electrons. The number of rotatable bonds is 4. The lowest BCUT2D eigenvalue weighted by Crippen LogP contribution is -2.54. The smallest absolute Gasteiger partial charge is 0.226 e. The summed E-state index contributed by atoms with van der Waals surface area (Å²) in [6.07, 6.45) is 0.828. The molecule has 20 heavy (non-hydrogen) atoms. The zero-order chi connectivity index (χ0) is 14.1. The number of aryl methyl sites for hydroxylation is 1. The first-order valence-electron chi connectivity index (χ1n) is 6.99. The SMILES string of the molecule is CCNC(=O)C1CN(c2nc(CC)nc3sccc23)C1. The summed E-state index contributed by atoms with van der Waals surface area (Å²) in [5.41, 5.74) is 0. The molecule has 5 nitrogen and oxygen atoms in total. The van der Waals surface area contributed by atoms with Gasteiger partial charge >= 0.3 is 0 Å². The highest BCUT2D eigenvalue weighted by Crippen LogP contribution is 2.32. The molecular weight excluding hydrogens is 272 g/mol. The Balaban J connectivity index is 1.82. The molecule has 1 fully saturated rings. The number of carbonyl (C=O) groups is 1. The van der Waals surface area contributed by atoms with Gasteiger partial charge in [0.25, 0.3) is 0 Å². The molecule has 1 aliphatic heterocycles. The van der Waals surface area contributed by atoms with E-state index >= 15 is 0 Å². The van der Waals surface area contributed by atoms with Crippen molar-refractivity contribution in [3.63, 3.8) is 0 Å². The number of nitrogens with zero attached hydrogens (tertiary/aromatic N) is 3. The summed E-state index contributed by atoms with van der Waals surface area (Å²) in [5, 5.41) is 6.02. The van der Waals surface area contributed by atoms with Gasteiger partial charge in [0.1, 0.15) is 16.5 Å². The fourth-order valence-corrected chi connectivity index (χ4v) is 3.20. The summed E-state index contributed by atoms with van der Waals surface area (Å²) in [6, 6.07) is 2.06. The Morgan fingerprint density at radius 3 is 2.95 bits per heavy atom. The second kappa shape index (κ2) is 5.36. The van der Waals surface area contributed by atoms with Gasteiger partial charge in [-0.3, -0.25) is 4.79 Å². The standard InChI is InChI=1S/C14H18N4OS/c1-3-11-16-12(10-5-6-20-14(10)17-11)18-7-9(8-18)13(19)15-4-2/h5-6,9H,3-4,7-8H2,1-2H3,(H,15,19). The third-order valence-electron chi connectivity index (χ3n) is 3.57. The third-order valence-corrected chi connectivity index (χ3v) is 4.38. The molecule has 6 heteroatoms. The number of fused-ring (bicyclic) bond motifs is 1. The quantitative estimate of drug-likeness (QED) is 0.933. The molecule has 1 amide bonds. The van der Waals surface area contributed by atoms with E-state index in [4.69, 9.17) is 0 Å². The molecule has 0 aliphatic carbocycles. The van der Waals surface area contributed by atoms with E-state index in [1.165, 1.54) is 0 Å². The Morgan fingerprint density at radius 1 is 1.45 bits per heavy atom. The van der Waals surface area contributed by atoms with Gasteiger partial charge in [-0.2, -0.15) is 0 Å². The van der Waals surface area contributed by atoms with Crippen molar-refractivity contribution in [1.29, 1.82) is 0 Å². The summed E-state index contributed by atoms with van der Waals surface area (Å²) in [4.78, 5) is 24.2. The molecule has 1 N–H and O–H groups in total. The lowest BCUT2D eigenvalue weighted by molar-refractivity contribution is -0.125. The topological polar surface area (TPSA) is 58.1 Å². The van der Waals surface area contributed by atoms with Crippen LogP contribution in [0.15, 0.2) is 11.4 Å². The monoisotopic (exact) mass is 290 g/mol. The van der Waals surface area contributed by atoms with E-state index in [0.717, 1.165) is 41.4 Å². The Kier molecular flexibility index (Phi) is 3.56. The number of amides is 1. The Morgan fingerprint density at radius 2 is 2.25 bits per heavy atom. The number of hydrogen-bond donors (Lipinski definition) is 1. The van der Waals surface area contributed by atoms with Crippen LogP contribution in [-0.2, 0) is 11.2 Å². The number of nitrogens with one attached hydrogen (secondary N) is 1. The summed E-state index contributed by atoms with van der Waals surface area (Å²) < 4.78 is 0. The van der Waals surface area contributed by atoms with Crippen LogP contribution in [0.25, 0.3) is 10.2 Å². The van der Waals surface area contributed by atoms with Crippen LogP contribution in [0.5, 0.6) is 0 Å². The van der Waals surface area contributed by atoms with E-state index in [2.05, 4.69) is 33.2 Å². The predicted octanol–water partition coefficient (Wildman–Crippen LogP) is 1.83. The molecule has 0 spiro atoms. The van der Waals surface area contributed by atoms with Crippen molar-refractivity contribution in [2.45, 2.75) is 20.3 Å².